The minimum Gasteiger partial charge on any atom is -0.497 e. The molecule has 6 nitrogen and oxygen atoms in total. The number of hydrogen-bond donors (Lipinski definition) is 1. The molecule has 3 aromatic rings. The molecule has 1 heterocycles. The van der Waals surface area contributed by atoms with Gasteiger partial charge in [-0.15, -0.1) is 0 Å². The summed E-state index contributed by atoms with van der Waals surface area (Å²) in [6.07, 6.45) is 0. The number of halogens is 1. The number of ether oxygens (including phenoxy) is 2. The fourth-order valence-electron chi connectivity index (χ4n) is 3.07. The molecule has 0 radical (unpaired) electrons. The SMILES string of the molecule is COc1ccc(CNC(=O)c2c(C)nn(-c3ccc(F)cc3)c2C)c(OC)c1. The van der Waals surface area contributed by atoms with Crippen LogP contribution in [-0.4, -0.2) is 29.9 Å². The van der Waals surface area contributed by atoms with Gasteiger partial charge in [0, 0.05) is 18.2 Å². The molecule has 0 aliphatic rings. The lowest BCUT2D eigenvalue weighted by atomic mass is 10.1. The molecule has 0 bridgehead atoms. The van der Waals surface area contributed by atoms with E-state index in [-0.39, 0.29) is 11.7 Å². The summed E-state index contributed by atoms with van der Waals surface area (Å²) < 4.78 is 25.4. The zero-order chi connectivity index (χ0) is 20.3. The van der Waals surface area contributed by atoms with Gasteiger partial charge in [-0.05, 0) is 50.2 Å². The minimum atomic E-state index is -0.323. The van der Waals surface area contributed by atoms with E-state index < -0.39 is 0 Å². The van der Waals surface area contributed by atoms with Crippen LogP contribution >= 0.6 is 0 Å². The van der Waals surface area contributed by atoms with E-state index in [2.05, 4.69) is 10.4 Å². The highest BCUT2D eigenvalue weighted by molar-refractivity contribution is 5.96. The van der Waals surface area contributed by atoms with E-state index in [0.717, 1.165) is 5.56 Å². The van der Waals surface area contributed by atoms with Gasteiger partial charge in [0.25, 0.3) is 5.91 Å². The van der Waals surface area contributed by atoms with Crippen molar-refractivity contribution in [3.63, 3.8) is 0 Å². The van der Waals surface area contributed by atoms with Gasteiger partial charge < -0.3 is 14.8 Å². The molecule has 0 aliphatic heterocycles. The number of nitrogens with zero attached hydrogens (tertiary/aromatic N) is 2. The van der Waals surface area contributed by atoms with Crippen molar-refractivity contribution in [2.24, 2.45) is 0 Å². The monoisotopic (exact) mass is 383 g/mol. The molecule has 0 aliphatic carbocycles. The van der Waals surface area contributed by atoms with Gasteiger partial charge in [0.05, 0.1) is 36.9 Å². The summed E-state index contributed by atoms with van der Waals surface area (Å²) in [6.45, 7) is 3.88. The summed E-state index contributed by atoms with van der Waals surface area (Å²) in [5, 5.41) is 7.34. The van der Waals surface area contributed by atoms with Gasteiger partial charge in [0.15, 0.2) is 0 Å². The van der Waals surface area contributed by atoms with E-state index in [1.807, 2.05) is 19.1 Å². The summed E-state index contributed by atoms with van der Waals surface area (Å²) in [4.78, 5) is 12.8. The number of carbonyl (C=O) groups is 1. The highest BCUT2D eigenvalue weighted by Crippen LogP contribution is 2.25. The molecule has 0 saturated heterocycles. The van der Waals surface area contributed by atoms with Crippen molar-refractivity contribution in [1.29, 1.82) is 0 Å². The van der Waals surface area contributed by atoms with Crippen LogP contribution in [0.4, 0.5) is 4.39 Å². The predicted octanol–water partition coefficient (Wildman–Crippen LogP) is 3.58. The maximum absolute atomic E-state index is 13.2. The first-order valence-corrected chi connectivity index (χ1v) is 8.76. The Morgan fingerprint density at radius 3 is 2.46 bits per heavy atom. The normalized spacial score (nSPS) is 10.6. The van der Waals surface area contributed by atoms with Gasteiger partial charge in [-0.2, -0.15) is 5.10 Å². The lowest BCUT2D eigenvalue weighted by Gasteiger charge is -2.11. The smallest absolute Gasteiger partial charge is 0.255 e. The van der Waals surface area contributed by atoms with Gasteiger partial charge in [-0.3, -0.25) is 4.79 Å². The number of aromatic nitrogens is 2. The number of benzene rings is 2. The van der Waals surface area contributed by atoms with Gasteiger partial charge in [-0.1, -0.05) is 0 Å². The first kappa shape index (κ1) is 19.4. The average Bonchev–Trinajstić information content (AvgIpc) is 3.00. The molecule has 7 heteroatoms. The highest BCUT2D eigenvalue weighted by Gasteiger charge is 2.19. The second-order valence-electron chi connectivity index (χ2n) is 6.29. The van der Waals surface area contributed by atoms with Gasteiger partial charge in [0.1, 0.15) is 17.3 Å². The van der Waals surface area contributed by atoms with E-state index >= 15 is 0 Å². The van der Waals surface area contributed by atoms with Crippen molar-refractivity contribution >= 4 is 5.91 Å². The molecular formula is C21H22FN3O3. The Hall–Kier alpha value is -3.35. The summed E-state index contributed by atoms with van der Waals surface area (Å²) >= 11 is 0. The Morgan fingerprint density at radius 1 is 1.11 bits per heavy atom. The average molecular weight is 383 g/mol. The lowest BCUT2D eigenvalue weighted by molar-refractivity contribution is 0.0949. The fourth-order valence-corrected chi connectivity index (χ4v) is 3.07. The Morgan fingerprint density at radius 2 is 1.82 bits per heavy atom. The third kappa shape index (κ3) is 3.83. The van der Waals surface area contributed by atoms with Crippen molar-refractivity contribution in [2.75, 3.05) is 14.2 Å². The zero-order valence-corrected chi connectivity index (χ0v) is 16.2. The second-order valence-corrected chi connectivity index (χ2v) is 6.29. The standard InChI is InChI=1S/C21H22FN3O3/c1-13-20(14(2)25(24-13)17-8-6-16(22)7-9-17)21(26)23-12-15-5-10-18(27-3)11-19(15)28-4/h5-11H,12H2,1-4H3,(H,23,26). The van der Waals surface area contributed by atoms with Crippen LogP contribution in [0.1, 0.15) is 27.3 Å². The van der Waals surface area contributed by atoms with Crippen LogP contribution in [-0.2, 0) is 6.54 Å². The Labute approximate surface area is 162 Å². The number of rotatable bonds is 6. The number of amides is 1. The van der Waals surface area contributed by atoms with Gasteiger partial charge >= 0.3 is 0 Å². The molecule has 0 spiro atoms. The van der Waals surface area contributed by atoms with Crippen LogP contribution < -0.4 is 14.8 Å². The van der Waals surface area contributed by atoms with E-state index in [1.165, 1.54) is 12.1 Å². The molecule has 2 aromatic carbocycles. The van der Waals surface area contributed by atoms with Crippen LogP contribution in [0, 0.1) is 19.7 Å². The summed E-state index contributed by atoms with van der Waals surface area (Å²) in [5.74, 6) is 0.757. The molecule has 1 amide bonds. The maximum atomic E-state index is 13.2. The fraction of sp³-hybridized carbons (Fsp3) is 0.238. The quantitative estimate of drug-likeness (QED) is 0.707. The molecular weight excluding hydrogens is 361 g/mol. The van der Waals surface area contributed by atoms with E-state index in [4.69, 9.17) is 9.47 Å². The van der Waals surface area contributed by atoms with Crippen LogP contribution in [0.2, 0.25) is 0 Å². The van der Waals surface area contributed by atoms with Crippen LogP contribution in [0.15, 0.2) is 42.5 Å². The molecule has 0 fully saturated rings. The zero-order valence-electron chi connectivity index (χ0n) is 16.2. The Balaban J connectivity index is 1.81. The number of aryl methyl sites for hydroxylation is 1. The van der Waals surface area contributed by atoms with Gasteiger partial charge in [0.2, 0.25) is 0 Å². The molecule has 0 atom stereocenters. The van der Waals surface area contributed by atoms with E-state index in [9.17, 15) is 9.18 Å². The van der Waals surface area contributed by atoms with E-state index in [0.29, 0.717) is 40.7 Å². The molecule has 0 saturated carbocycles. The maximum Gasteiger partial charge on any atom is 0.255 e. The van der Waals surface area contributed by atoms with Crippen molar-refractivity contribution < 1.29 is 18.7 Å². The molecule has 3 rings (SSSR count). The minimum absolute atomic E-state index is 0.235. The summed E-state index contributed by atoms with van der Waals surface area (Å²) in [7, 11) is 3.15. The third-order valence-corrected chi connectivity index (χ3v) is 4.52. The van der Waals surface area contributed by atoms with Crippen LogP contribution in [0.3, 0.4) is 0 Å². The van der Waals surface area contributed by atoms with Crippen LogP contribution in [0.25, 0.3) is 5.69 Å². The number of methoxy groups -OCH3 is 2. The predicted molar refractivity (Wildman–Crippen MR) is 104 cm³/mol. The third-order valence-electron chi connectivity index (χ3n) is 4.52. The van der Waals surface area contributed by atoms with Crippen LogP contribution in [0.5, 0.6) is 11.5 Å². The topological polar surface area (TPSA) is 65.4 Å². The Kier molecular flexibility index (Phi) is 5.63. The molecule has 0 unspecified atom stereocenters. The molecule has 1 aromatic heterocycles. The number of hydrogen-bond acceptors (Lipinski definition) is 4. The lowest BCUT2D eigenvalue weighted by Crippen LogP contribution is -2.24. The Bertz CT molecular complexity index is 997. The van der Waals surface area contributed by atoms with Crippen molar-refractivity contribution in [2.45, 2.75) is 20.4 Å². The number of nitrogens with one attached hydrogen (secondary N) is 1. The highest BCUT2D eigenvalue weighted by atomic mass is 19.1. The molecule has 1 N–H and O–H groups in total. The first-order chi connectivity index (χ1) is 13.4. The van der Waals surface area contributed by atoms with Crippen molar-refractivity contribution in [1.82, 2.24) is 15.1 Å². The first-order valence-electron chi connectivity index (χ1n) is 8.76. The van der Waals surface area contributed by atoms with Gasteiger partial charge in [-0.25, -0.2) is 9.07 Å². The van der Waals surface area contributed by atoms with Crippen molar-refractivity contribution in [3.8, 4) is 17.2 Å². The largest absolute Gasteiger partial charge is 0.497 e. The molecule has 28 heavy (non-hydrogen) atoms. The molecule has 146 valence electrons. The number of carbonyl (C=O) groups excluding carboxylic acids is 1. The van der Waals surface area contributed by atoms with Crippen molar-refractivity contribution in [3.05, 3.63) is 70.8 Å². The van der Waals surface area contributed by atoms with E-state index in [1.54, 1.807) is 44.0 Å². The summed E-state index contributed by atoms with van der Waals surface area (Å²) in [6, 6.07) is 11.4. The second kappa shape index (κ2) is 8.12. The summed E-state index contributed by atoms with van der Waals surface area (Å²) in [5.41, 5.74) is 3.30.